The highest BCUT2D eigenvalue weighted by molar-refractivity contribution is 5.79. The Labute approximate surface area is 174 Å². The SMILES string of the molecule is O=C(CCc1ccc(O)cc1)ONC(=O)OCC1c2ccccc2-c2ccccc21. The minimum absolute atomic E-state index is 0.0617. The lowest BCUT2D eigenvalue weighted by molar-refractivity contribution is -0.149. The van der Waals surface area contributed by atoms with Crippen LogP contribution in [0.15, 0.2) is 72.8 Å². The molecule has 1 amide bonds. The van der Waals surface area contributed by atoms with Crippen molar-refractivity contribution in [1.29, 1.82) is 0 Å². The number of ether oxygens (including phenoxy) is 1. The zero-order valence-corrected chi connectivity index (χ0v) is 16.2. The van der Waals surface area contributed by atoms with Gasteiger partial charge in [0.25, 0.3) is 0 Å². The number of hydroxylamine groups is 1. The molecule has 0 fully saturated rings. The number of carbonyl (C=O) groups excluding carboxylic acids is 2. The largest absolute Gasteiger partial charge is 0.508 e. The maximum atomic E-state index is 12.0. The number of phenols is 1. The van der Waals surface area contributed by atoms with E-state index in [4.69, 9.17) is 9.57 Å². The molecule has 0 saturated heterocycles. The Morgan fingerprint density at radius 2 is 1.47 bits per heavy atom. The molecule has 152 valence electrons. The van der Waals surface area contributed by atoms with Gasteiger partial charge >= 0.3 is 12.1 Å². The molecule has 0 aromatic heterocycles. The summed E-state index contributed by atoms with van der Waals surface area (Å²) in [5, 5.41) is 9.26. The highest BCUT2D eigenvalue weighted by Gasteiger charge is 2.29. The van der Waals surface area contributed by atoms with E-state index < -0.39 is 12.1 Å². The van der Waals surface area contributed by atoms with Crippen LogP contribution in [-0.2, 0) is 20.8 Å². The summed E-state index contributed by atoms with van der Waals surface area (Å²) < 4.78 is 5.31. The average Bonchev–Trinajstić information content (AvgIpc) is 3.09. The van der Waals surface area contributed by atoms with Gasteiger partial charge in [0.1, 0.15) is 12.4 Å². The summed E-state index contributed by atoms with van der Waals surface area (Å²) in [6.45, 7) is 0.144. The third-order valence-corrected chi connectivity index (χ3v) is 5.15. The number of amides is 1. The predicted molar refractivity (Wildman–Crippen MR) is 111 cm³/mol. The van der Waals surface area contributed by atoms with Crippen LogP contribution < -0.4 is 5.48 Å². The second-order valence-corrected chi connectivity index (χ2v) is 7.07. The summed E-state index contributed by atoms with van der Waals surface area (Å²) in [5.41, 5.74) is 7.43. The number of rotatable bonds is 5. The van der Waals surface area contributed by atoms with Gasteiger partial charge in [-0.05, 0) is 46.4 Å². The van der Waals surface area contributed by atoms with E-state index in [1.165, 1.54) is 0 Å². The van der Waals surface area contributed by atoms with Crippen LogP contribution >= 0.6 is 0 Å². The van der Waals surface area contributed by atoms with Gasteiger partial charge in [0.05, 0.1) is 6.42 Å². The van der Waals surface area contributed by atoms with Gasteiger partial charge in [-0.3, -0.25) is 0 Å². The number of hydrogen-bond acceptors (Lipinski definition) is 5. The standard InChI is InChI=1S/C24H21NO5/c26-17-12-9-16(10-13-17)11-14-23(27)30-25-24(28)29-15-22-20-7-3-1-5-18(20)19-6-2-4-8-21(19)22/h1-10,12-13,22,26H,11,14-15H2,(H,25,28). The minimum atomic E-state index is -0.810. The predicted octanol–water partition coefficient (Wildman–Crippen LogP) is 4.32. The first kappa shape index (κ1) is 19.5. The number of fused-ring (bicyclic) bond motifs is 3. The van der Waals surface area contributed by atoms with Crippen molar-refractivity contribution >= 4 is 12.1 Å². The van der Waals surface area contributed by atoms with E-state index in [1.54, 1.807) is 24.3 Å². The van der Waals surface area contributed by atoms with Crippen molar-refractivity contribution in [2.24, 2.45) is 0 Å². The Morgan fingerprint density at radius 3 is 2.10 bits per heavy atom. The molecule has 4 rings (SSSR count). The van der Waals surface area contributed by atoms with E-state index in [-0.39, 0.29) is 24.7 Å². The van der Waals surface area contributed by atoms with Crippen molar-refractivity contribution in [3.63, 3.8) is 0 Å². The van der Waals surface area contributed by atoms with Crippen molar-refractivity contribution < 1.29 is 24.3 Å². The molecule has 0 saturated carbocycles. The molecular formula is C24H21NO5. The molecule has 0 unspecified atom stereocenters. The molecule has 0 heterocycles. The van der Waals surface area contributed by atoms with Gasteiger partial charge in [-0.2, -0.15) is 0 Å². The van der Waals surface area contributed by atoms with Crippen LogP contribution in [0.5, 0.6) is 5.75 Å². The van der Waals surface area contributed by atoms with E-state index in [0.29, 0.717) is 6.42 Å². The van der Waals surface area contributed by atoms with E-state index in [2.05, 4.69) is 12.1 Å². The number of nitrogens with one attached hydrogen (secondary N) is 1. The van der Waals surface area contributed by atoms with Crippen LogP contribution in [-0.4, -0.2) is 23.8 Å². The fraction of sp³-hybridized carbons (Fsp3) is 0.167. The van der Waals surface area contributed by atoms with Gasteiger partial charge < -0.3 is 14.7 Å². The highest BCUT2D eigenvalue weighted by atomic mass is 16.7. The zero-order valence-electron chi connectivity index (χ0n) is 16.2. The smallest absolute Gasteiger partial charge is 0.440 e. The van der Waals surface area contributed by atoms with Crippen LogP contribution in [0.3, 0.4) is 0 Å². The van der Waals surface area contributed by atoms with Gasteiger partial charge in [0.15, 0.2) is 0 Å². The molecule has 6 heteroatoms. The summed E-state index contributed by atoms with van der Waals surface area (Å²) in [7, 11) is 0. The maximum absolute atomic E-state index is 12.0. The van der Waals surface area contributed by atoms with Gasteiger partial charge in [0.2, 0.25) is 0 Å². The van der Waals surface area contributed by atoms with Gasteiger partial charge in [0, 0.05) is 5.92 Å². The zero-order chi connectivity index (χ0) is 20.9. The lowest BCUT2D eigenvalue weighted by atomic mass is 9.98. The number of phenolic OH excluding ortho intramolecular Hbond substituents is 1. The van der Waals surface area contributed by atoms with Gasteiger partial charge in [-0.25, -0.2) is 9.59 Å². The molecule has 0 spiro atoms. The third kappa shape index (κ3) is 4.27. The maximum Gasteiger partial charge on any atom is 0.440 e. The quantitative estimate of drug-likeness (QED) is 0.620. The molecule has 3 aromatic carbocycles. The fourth-order valence-electron chi connectivity index (χ4n) is 3.69. The molecule has 0 aliphatic heterocycles. The first-order valence-corrected chi connectivity index (χ1v) is 9.70. The van der Waals surface area contributed by atoms with Crippen molar-refractivity contribution in [1.82, 2.24) is 5.48 Å². The Hall–Kier alpha value is -3.80. The van der Waals surface area contributed by atoms with Crippen molar-refractivity contribution in [2.75, 3.05) is 6.61 Å². The van der Waals surface area contributed by atoms with Crippen molar-refractivity contribution in [3.8, 4) is 16.9 Å². The first-order valence-electron chi connectivity index (χ1n) is 9.70. The van der Waals surface area contributed by atoms with E-state index >= 15 is 0 Å². The fourth-order valence-corrected chi connectivity index (χ4v) is 3.69. The lowest BCUT2D eigenvalue weighted by Crippen LogP contribution is -2.29. The van der Waals surface area contributed by atoms with Crippen LogP contribution in [0.25, 0.3) is 11.1 Å². The molecule has 0 bridgehead atoms. The van der Waals surface area contributed by atoms with E-state index in [9.17, 15) is 14.7 Å². The van der Waals surface area contributed by atoms with E-state index in [0.717, 1.165) is 27.8 Å². The summed E-state index contributed by atoms with van der Waals surface area (Å²) in [4.78, 5) is 28.6. The number of benzene rings is 3. The molecule has 0 radical (unpaired) electrons. The molecule has 6 nitrogen and oxygen atoms in total. The average molecular weight is 403 g/mol. The second kappa shape index (κ2) is 8.69. The molecule has 0 atom stereocenters. The normalized spacial score (nSPS) is 12.0. The summed E-state index contributed by atoms with van der Waals surface area (Å²) >= 11 is 0. The molecule has 3 aromatic rings. The van der Waals surface area contributed by atoms with E-state index in [1.807, 2.05) is 41.9 Å². The van der Waals surface area contributed by atoms with Crippen LogP contribution in [0, 0.1) is 0 Å². The molecule has 1 aliphatic rings. The Morgan fingerprint density at radius 1 is 0.867 bits per heavy atom. The molecule has 2 N–H and O–H groups in total. The van der Waals surface area contributed by atoms with Crippen molar-refractivity contribution in [2.45, 2.75) is 18.8 Å². The van der Waals surface area contributed by atoms with Gasteiger partial charge in [-0.15, -0.1) is 5.48 Å². The first-order chi connectivity index (χ1) is 14.6. The number of aromatic hydroxyl groups is 1. The van der Waals surface area contributed by atoms with Gasteiger partial charge in [-0.1, -0.05) is 60.7 Å². The Bertz CT molecular complexity index is 1020. The molecular weight excluding hydrogens is 382 g/mol. The number of hydrogen-bond donors (Lipinski definition) is 2. The summed E-state index contributed by atoms with van der Waals surface area (Å²) in [6.07, 6.45) is -0.283. The molecule has 30 heavy (non-hydrogen) atoms. The lowest BCUT2D eigenvalue weighted by Gasteiger charge is -2.14. The van der Waals surface area contributed by atoms with Crippen LogP contribution in [0.1, 0.15) is 29.0 Å². The summed E-state index contributed by atoms with van der Waals surface area (Å²) in [5.74, 6) is -0.469. The highest BCUT2D eigenvalue weighted by Crippen LogP contribution is 2.44. The topological polar surface area (TPSA) is 84.9 Å². The van der Waals surface area contributed by atoms with Crippen LogP contribution in [0.4, 0.5) is 4.79 Å². The van der Waals surface area contributed by atoms with Crippen LogP contribution in [0.2, 0.25) is 0 Å². The number of aryl methyl sites for hydroxylation is 1. The molecule has 1 aliphatic carbocycles. The monoisotopic (exact) mass is 403 g/mol. The summed E-state index contributed by atoms with van der Waals surface area (Å²) in [6, 6.07) is 22.6. The Balaban J connectivity index is 1.27. The minimum Gasteiger partial charge on any atom is -0.508 e. The third-order valence-electron chi connectivity index (χ3n) is 5.15. The Kier molecular flexibility index (Phi) is 5.66. The number of carbonyl (C=O) groups is 2. The van der Waals surface area contributed by atoms with Crippen molar-refractivity contribution in [3.05, 3.63) is 89.5 Å². The second-order valence-electron chi connectivity index (χ2n) is 7.07.